The molecule has 0 radical (unpaired) electrons. The van der Waals surface area contributed by atoms with Crippen LogP contribution in [0.3, 0.4) is 0 Å². The van der Waals surface area contributed by atoms with E-state index in [0.29, 0.717) is 23.1 Å². The summed E-state index contributed by atoms with van der Waals surface area (Å²) in [4.78, 5) is 0. The summed E-state index contributed by atoms with van der Waals surface area (Å²) in [5, 5.41) is 1.28. The van der Waals surface area contributed by atoms with Gasteiger partial charge in [0.2, 0.25) is 0 Å². The summed E-state index contributed by atoms with van der Waals surface area (Å²) >= 11 is 9.63. The van der Waals surface area contributed by atoms with Crippen molar-refractivity contribution in [3.63, 3.8) is 0 Å². The first-order valence-corrected chi connectivity index (χ1v) is 7.33. The van der Waals surface area contributed by atoms with Gasteiger partial charge in [-0.2, -0.15) is 0 Å². The lowest BCUT2D eigenvalue weighted by Gasteiger charge is -2.13. The van der Waals surface area contributed by atoms with Gasteiger partial charge >= 0.3 is 0 Å². The van der Waals surface area contributed by atoms with Crippen LogP contribution < -0.4 is 9.47 Å². The second-order valence-corrected chi connectivity index (χ2v) is 4.98. The number of alkyl halides is 1. The smallest absolute Gasteiger partial charge is 0.180 e. The molecule has 2 aromatic carbocycles. The zero-order valence-corrected chi connectivity index (χ0v) is 12.9. The zero-order chi connectivity index (χ0) is 13.7. The van der Waals surface area contributed by atoms with Gasteiger partial charge in [0.05, 0.1) is 12.1 Å². The third-order valence-corrected chi connectivity index (χ3v) is 3.60. The van der Waals surface area contributed by atoms with Gasteiger partial charge in [-0.15, -0.1) is 0 Å². The number of benzene rings is 2. The fraction of sp³-hybridized carbons (Fsp3) is 0.200. The average molecular weight is 342 g/mol. The largest absolute Gasteiger partial charge is 0.493 e. The average Bonchev–Trinajstić information content (AvgIpc) is 2.46. The molecule has 4 heteroatoms. The Balaban J connectivity index is 2.20. The third kappa shape index (κ3) is 3.64. The van der Waals surface area contributed by atoms with Crippen LogP contribution in [0.5, 0.6) is 11.5 Å². The van der Waals surface area contributed by atoms with Crippen molar-refractivity contribution >= 4 is 27.5 Å². The van der Waals surface area contributed by atoms with Crippen LogP contribution in [0, 0.1) is 0 Å². The highest BCUT2D eigenvalue weighted by atomic mass is 79.9. The first kappa shape index (κ1) is 14.2. The summed E-state index contributed by atoms with van der Waals surface area (Å²) in [6.07, 6.45) is 0. The maximum absolute atomic E-state index is 6.23. The lowest BCUT2D eigenvalue weighted by Crippen LogP contribution is -1.99. The van der Waals surface area contributed by atoms with Gasteiger partial charge in [-0.3, -0.25) is 0 Å². The van der Waals surface area contributed by atoms with Crippen LogP contribution in [-0.2, 0) is 11.9 Å². The number of halogens is 2. The minimum Gasteiger partial charge on any atom is -0.493 e. The van der Waals surface area contributed by atoms with Crippen molar-refractivity contribution < 1.29 is 9.47 Å². The molecule has 0 N–H and O–H groups in total. The Bertz CT molecular complexity index is 543. The molecule has 0 aromatic heterocycles. The highest BCUT2D eigenvalue weighted by molar-refractivity contribution is 9.08. The van der Waals surface area contributed by atoms with E-state index in [-0.39, 0.29) is 0 Å². The maximum Gasteiger partial charge on any atom is 0.180 e. The van der Waals surface area contributed by atoms with Crippen molar-refractivity contribution in [2.75, 3.05) is 7.11 Å². The number of rotatable bonds is 5. The minimum atomic E-state index is 0.463. The third-order valence-electron chi connectivity index (χ3n) is 2.67. The second-order valence-electron chi connectivity index (χ2n) is 4.02. The van der Waals surface area contributed by atoms with Crippen molar-refractivity contribution in [3.05, 3.63) is 58.6 Å². The second kappa shape index (κ2) is 6.83. The van der Waals surface area contributed by atoms with Gasteiger partial charge in [0.1, 0.15) is 6.61 Å². The quantitative estimate of drug-likeness (QED) is 0.726. The zero-order valence-electron chi connectivity index (χ0n) is 10.5. The molecule has 0 fully saturated rings. The summed E-state index contributed by atoms with van der Waals surface area (Å²) < 4.78 is 11.1. The molecule has 0 aliphatic heterocycles. The summed E-state index contributed by atoms with van der Waals surface area (Å²) in [6.45, 7) is 0.463. The van der Waals surface area contributed by atoms with E-state index in [1.54, 1.807) is 7.11 Å². The van der Waals surface area contributed by atoms with E-state index < -0.39 is 0 Å². The fourth-order valence-electron chi connectivity index (χ4n) is 1.72. The number of methoxy groups -OCH3 is 1. The van der Waals surface area contributed by atoms with Crippen molar-refractivity contribution in [3.8, 4) is 11.5 Å². The number of hydrogen-bond acceptors (Lipinski definition) is 2. The van der Waals surface area contributed by atoms with E-state index in [2.05, 4.69) is 15.9 Å². The topological polar surface area (TPSA) is 18.5 Å². The van der Waals surface area contributed by atoms with Crippen LogP contribution in [0.2, 0.25) is 5.02 Å². The predicted octanol–water partition coefficient (Wildman–Crippen LogP) is 4.82. The molecule has 0 bridgehead atoms. The molecule has 2 nitrogen and oxygen atoms in total. The molecular formula is C15H14BrClO2. The Hall–Kier alpha value is -1.19. The van der Waals surface area contributed by atoms with E-state index in [0.717, 1.165) is 16.5 Å². The molecule has 0 saturated heterocycles. The maximum atomic E-state index is 6.23. The molecule has 0 saturated carbocycles. The summed E-state index contributed by atoms with van der Waals surface area (Å²) in [5.41, 5.74) is 2.14. The van der Waals surface area contributed by atoms with Gasteiger partial charge in [-0.25, -0.2) is 0 Å². The van der Waals surface area contributed by atoms with E-state index in [4.69, 9.17) is 21.1 Å². The normalized spacial score (nSPS) is 10.3. The Morgan fingerprint density at radius 3 is 2.47 bits per heavy atom. The van der Waals surface area contributed by atoms with Gasteiger partial charge in [-0.1, -0.05) is 57.9 Å². The number of hydrogen-bond donors (Lipinski definition) is 0. The van der Waals surface area contributed by atoms with Crippen LogP contribution in [0.15, 0.2) is 42.5 Å². The van der Waals surface area contributed by atoms with Crippen molar-refractivity contribution in [2.24, 2.45) is 0 Å². The van der Waals surface area contributed by atoms with Crippen LogP contribution in [0.4, 0.5) is 0 Å². The fourth-order valence-corrected chi connectivity index (χ4v) is 2.33. The number of ether oxygens (including phenoxy) is 2. The van der Waals surface area contributed by atoms with Gasteiger partial charge in [-0.05, 0) is 23.3 Å². The van der Waals surface area contributed by atoms with Gasteiger partial charge in [0.15, 0.2) is 11.5 Å². The molecular weight excluding hydrogens is 328 g/mol. The van der Waals surface area contributed by atoms with Crippen LogP contribution in [0.1, 0.15) is 11.1 Å². The highest BCUT2D eigenvalue weighted by Gasteiger charge is 2.11. The SMILES string of the molecule is COc1cc(CBr)cc(Cl)c1OCc1ccccc1. The summed E-state index contributed by atoms with van der Waals surface area (Å²) in [6, 6.07) is 13.7. The van der Waals surface area contributed by atoms with E-state index in [9.17, 15) is 0 Å². The molecule has 100 valence electrons. The Kier molecular flexibility index (Phi) is 5.11. The molecule has 0 heterocycles. The lowest BCUT2D eigenvalue weighted by atomic mass is 10.2. The minimum absolute atomic E-state index is 0.463. The molecule has 0 atom stereocenters. The highest BCUT2D eigenvalue weighted by Crippen LogP contribution is 2.37. The van der Waals surface area contributed by atoms with Crippen molar-refractivity contribution in [1.82, 2.24) is 0 Å². The van der Waals surface area contributed by atoms with Crippen LogP contribution in [0.25, 0.3) is 0 Å². The molecule has 2 aromatic rings. The van der Waals surface area contributed by atoms with Crippen LogP contribution in [-0.4, -0.2) is 7.11 Å². The van der Waals surface area contributed by atoms with Gasteiger partial charge in [0.25, 0.3) is 0 Å². The van der Waals surface area contributed by atoms with Crippen molar-refractivity contribution in [2.45, 2.75) is 11.9 Å². The Morgan fingerprint density at radius 2 is 1.84 bits per heavy atom. The molecule has 0 aliphatic rings. The van der Waals surface area contributed by atoms with Gasteiger partial charge in [0, 0.05) is 5.33 Å². The predicted molar refractivity (Wildman–Crippen MR) is 81.4 cm³/mol. The van der Waals surface area contributed by atoms with E-state index in [1.165, 1.54) is 0 Å². The van der Waals surface area contributed by atoms with E-state index in [1.807, 2.05) is 42.5 Å². The molecule has 19 heavy (non-hydrogen) atoms. The molecule has 0 aliphatic carbocycles. The Labute approximate surface area is 126 Å². The molecule has 0 unspecified atom stereocenters. The van der Waals surface area contributed by atoms with Crippen LogP contribution >= 0.6 is 27.5 Å². The standard InChI is InChI=1S/C15H14BrClO2/c1-18-14-8-12(9-16)7-13(17)15(14)19-10-11-5-3-2-4-6-11/h2-8H,9-10H2,1H3. The Morgan fingerprint density at radius 1 is 1.11 bits per heavy atom. The van der Waals surface area contributed by atoms with E-state index >= 15 is 0 Å². The van der Waals surface area contributed by atoms with Gasteiger partial charge < -0.3 is 9.47 Å². The first-order valence-electron chi connectivity index (χ1n) is 5.83. The molecule has 0 spiro atoms. The first-order chi connectivity index (χ1) is 9.24. The molecule has 2 rings (SSSR count). The van der Waals surface area contributed by atoms with Crippen molar-refractivity contribution in [1.29, 1.82) is 0 Å². The lowest BCUT2D eigenvalue weighted by molar-refractivity contribution is 0.284. The molecule has 0 amide bonds. The monoisotopic (exact) mass is 340 g/mol. The summed E-state index contributed by atoms with van der Waals surface area (Å²) in [7, 11) is 1.61. The summed E-state index contributed by atoms with van der Waals surface area (Å²) in [5.74, 6) is 1.23.